The molecule has 3 aromatic heterocycles. The van der Waals surface area contributed by atoms with Crippen LogP contribution in [0, 0.1) is 0 Å². The van der Waals surface area contributed by atoms with Crippen LogP contribution in [0.5, 0.6) is 11.5 Å². The zero-order valence-electron chi connectivity index (χ0n) is 18.2. The van der Waals surface area contributed by atoms with Gasteiger partial charge in [0.2, 0.25) is 0 Å². The standard InChI is InChI=1S/C12H8N2O4.C6H5NO2.3CNS.Ru/c15-7-18-9-2-4-14-11(6-9)10-5-8(12(16)17)1-3-13-10;8-5-9-6-1-3-7-4-2-6;3*2-1-3;/h1-7H,(H,16,17);1-5H;;;;/q;;3*-1;+3. The van der Waals surface area contributed by atoms with E-state index in [0.29, 0.717) is 35.8 Å². The first-order chi connectivity index (χ1) is 17.4. The van der Waals surface area contributed by atoms with Crippen molar-refractivity contribution in [2.24, 2.45) is 0 Å². The van der Waals surface area contributed by atoms with Crippen LogP contribution < -0.4 is 9.47 Å². The van der Waals surface area contributed by atoms with Gasteiger partial charge < -0.3 is 30.8 Å². The van der Waals surface area contributed by atoms with Gasteiger partial charge in [0.25, 0.3) is 12.9 Å². The SMILES string of the molecule is O=COc1ccnc(-c2cc(C(=O)O)ccn2)c1.O=COc1ccncc1.[N-]=C=S.[N-]=C=S.[N-]=C=S.[Ru+3]. The number of aromatic carboxylic acids is 1. The van der Waals surface area contributed by atoms with Crippen molar-refractivity contribution in [1.82, 2.24) is 15.0 Å². The smallest absolute Gasteiger partial charge is 0.753 e. The average molecular weight is 643 g/mol. The first-order valence-electron chi connectivity index (χ1n) is 8.68. The Hall–Kier alpha value is -4.12. The molecule has 0 unspecified atom stereocenters. The summed E-state index contributed by atoms with van der Waals surface area (Å²) < 4.78 is 9.17. The first kappa shape index (κ1) is 37.4. The second kappa shape index (κ2) is 26.5. The van der Waals surface area contributed by atoms with Crippen molar-refractivity contribution in [2.45, 2.75) is 0 Å². The van der Waals surface area contributed by atoms with Gasteiger partial charge in [0, 0.05) is 30.9 Å². The fraction of sp³-hybridized carbons (Fsp3) is 0. The Morgan fingerprint density at radius 3 is 1.65 bits per heavy atom. The maximum Gasteiger partial charge on any atom is 3.00 e. The van der Waals surface area contributed by atoms with E-state index in [1.807, 2.05) is 0 Å². The van der Waals surface area contributed by atoms with Crippen molar-refractivity contribution in [1.29, 1.82) is 0 Å². The number of ether oxygens (including phenoxy) is 2. The molecular formula is C21H13N6O6RuS3. The number of hydrogen-bond acceptors (Lipinski definition) is 11. The maximum absolute atomic E-state index is 10.8. The van der Waals surface area contributed by atoms with Crippen molar-refractivity contribution < 1.29 is 48.4 Å². The van der Waals surface area contributed by atoms with Gasteiger partial charge in [-0.15, -0.1) is 0 Å². The van der Waals surface area contributed by atoms with E-state index in [2.05, 4.69) is 61.1 Å². The number of nitrogens with zero attached hydrogens (tertiary/aromatic N) is 6. The van der Waals surface area contributed by atoms with Crippen molar-refractivity contribution in [3.8, 4) is 22.9 Å². The molecule has 0 aromatic carbocycles. The van der Waals surface area contributed by atoms with E-state index >= 15 is 0 Å². The van der Waals surface area contributed by atoms with Gasteiger partial charge in [-0.3, -0.25) is 24.5 Å². The van der Waals surface area contributed by atoms with Gasteiger partial charge in [-0.2, -0.15) is 15.5 Å². The van der Waals surface area contributed by atoms with Crippen LogP contribution in [0.3, 0.4) is 0 Å². The number of rotatable bonds is 6. The Morgan fingerprint density at radius 1 is 0.784 bits per heavy atom. The molecule has 189 valence electrons. The van der Waals surface area contributed by atoms with Gasteiger partial charge >= 0.3 is 25.4 Å². The fourth-order valence-corrected chi connectivity index (χ4v) is 1.86. The van der Waals surface area contributed by atoms with E-state index in [0.717, 1.165) is 0 Å². The van der Waals surface area contributed by atoms with Crippen LogP contribution in [0.1, 0.15) is 10.4 Å². The van der Waals surface area contributed by atoms with E-state index in [-0.39, 0.29) is 25.0 Å². The monoisotopic (exact) mass is 643 g/mol. The average Bonchev–Trinajstić information content (AvgIpc) is 2.87. The summed E-state index contributed by atoms with van der Waals surface area (Å²) in [5, 5.41) is 34.3. The van der Waals surface area contributed by atoms with E-state index in [1.54, 1.807) is 24.5 Å². The van der Waals surface area contributed by atoms with Crippen molar-refractivity contribution in [3.05, 3.63) is 83.0 Å². The number of thiocarbonyl (C=S) groups is 3. The van der Waals surface area contributed by atoms with Crippen LogP contribution in [0.25, 0.3) is 27.6 Å². The van der Waals surface area contributed by atoms with Gasteiger partial charge in [0.05, 0.1) is 17.0 Å². The number of carboxylic acids is 1. The quantitative estimate of drug-likeness (QED) is 0.176. The van der Waals surface area contributed by atoms with Gasteiger partial charge in [0.15, 0.2) is 0 Å². The fourth-order valence-electron chi connectivity index (χ4n) is 1.86. The molecule has 0 spiro atoms. The Kier molecular flexibility index (Phi) is 26.8. The number of isothiocyanates is 3. The molecule has 0 saturated carbocycles. The Bertz CT molecular complexity index is 1170. The van der Waals surface area contributed by atoms with Gasteiger partial charge in [0.1, 0.15) is 11.5 Å². The van der Waals surface area contributed by atoms with Crippen LogP contribution in [0.4, 0.5) is 0 Å². The maximum atomic E-state index is 10.8. The number of carboxylic acid groups (broad SMARTS) is 1. The molecule has 37 heavy (non-hydrogen) atoms. The Balaban J connectivity index is -0.000000509. The molecule has 0 aliphatic rings. The molecule has 3 heterocycles. The molecule has 0 bridgehead atoms. The van der Waals surface area contributed by atoms with Crippen LogP contribution in [-0.4, -0.2) is 54.5 Å². The molecule has 0 fully saturated rings. The number of aromatic nitrogens is 3. The zero-order chi connectivity index (χ0) is 27.6. The first-order valence-corrected chi connectivity index (χ1v) is 9.91. The second-order valence-corrected chi connectivity index (χ2v) is 5.54. The molecule has 12 nitrogen and oxygen atoms in total. The summed E-state index contributed by atoms with van der Waals surface area (Å²) in [5.41, 5.74) is 0.937. The van der Waals surface area contributed by atoms with Crippen LogP contribution in [0.15, 0.2) is 61.2 Å². The van der Waals surface area contributed by atoms with Gasteiger partial charge in [-0.05, 0) is 30.3 Å². The second-order valence-electron chi connectivity index (χ2n) is 5.00. The van der Waals surface area contributed by atoms with E-state index in [1.165, 1.54) is 52.1 Å². The minimum atomic E-state index is -1.04. The Morgan fingerprint density at radius 2 is 1.19 bits per heavy atom. The third-order valence-corrected chi connectivity index (χ3v) is 3.02. The predicted molar refractivity (Wildman–Crippen MR) is 140 cm³/mol. The number of carbonyl (C=O) groups excluding carboxylic acids is 2. The molecule has 3 rings (SSSR count). The van der Waals surface area contributed by atoms with Crippen LogP contribution in [0.2, 0.25) is 0 Å². The molecular weight excluding hydrogens is 630 g/mol. The molecule has 0 amide bonds. The van der Waals surface area contributed by atoms with Crippen molar-refractivity contribution in [3.63, 3.8) is 0 Å². The molecule has 1 N–H and O–H groups in total. The van der Waals surface area contributed by atoms with Crippen molar-refractivity contribution >= 4 is 71.1 Å². The summed E-state index contributed by atoms with van der Waals surface area (Å²) in [5.74, 6) is -0.212. The summed E-state index contributed by atoms with van der Waals surface area (Å²) in [6.45, 7) is 0.690. The molecule has 0 aliphatic heterocycles. The molecule has 3 aromatic rings. The zero-order valence-corrected chi connectivity index (χ0v) is 22.4. The summed E-state index contributed by atoms with van der Waals surface area (Å²) in [6, 6.07) is 9.01. The molecule has 1 radical (unpaired) electrons. The normalized spacial score (nSPS) is 7.46. The van der Waals surface area contributed by atoms with Crippen LogP contribution >= 0.6 is 36.7 Å². The largest absolute Gasteiger partial charge is 3.00 e. The van der Waals surface area contributed by atoms with Crippen LogP contribution in [-0.2, 0) is 29.1 Å². The third kappa shape index (κ3) is 19.8. The number of hydrogen-bond donors (Lipinski definition) is 1. The summed E-state index contributed by atoms with van der Waals surface area (Å²) in [7, 11) is 0. The third-order valence-electron chi connectivity index (χ3n) is 3.02. The summed E-state index contributed by atoms with van der Waals surface area (Å²) in [6.07, 6.45) is 5.94. The van der Waals surface area contributed by atoms with Gasteiger partial charge in [-0.1, -0.05) is 36.7 Å². The molecule has 16 heteroatoms. The molecule has 0 saturated heterocycles. The topological polar surface area (TPSA) is 195 Å². The number of pyridine rings is 3. The summed E-state index contributed by atoms with van der Waals surface area (Å²) in [4.78, 5) is 42.6. The Labute approximate surface area is 239 Å². The van der Waals surface area contributed by atoms with E-state index in [9.17, 15) is 14.4 Å². The van der Waals surface area contributed by atoms with E-state index in [4.69, 9.17) is 21.3 Å². The minimum Gasteiger partial charge on any atom is -0.753 e. The van der Waals surface area contributed by atoms with Crippen molar-refractivity contribution in [2.75, 3.05) is 0 Å². The van der Waals surface area contributed by atoms with E-state index < -0.39 is 5.97 Å². The van der Waals surface area contributed by atoms with Gasteiger partial charge in [-0.25, -0.2) is 4.79 Å². The minimum absolute atomic E-state index is 0. The molecule has 0 aliphatic carbocycles. The summed E-state index contributed by atoms with van der Waals surface area (Å²) >= 11 is 11.1. The predicted octanol–water partition coefficient (Wildman–Crippen LogP) is 3.97. The molecule has 0 atom stereocenters. The number of carbonyl (C=O) groups is 3.